The van der Waals surface area contributed by atoms with Crippen LogP contribution in [-0.4, -0.2) is 116 Å². The number of hydrogen-bond donors (Lipinski definition) is 4. The monoisotopic (exact) mass is 782 g/mol. The standard InChI is InChI=1S/C40H58N6O10/c1-7-15-27(34(48)36(50)41-20-28(47)43-31(37(51)45(5)6)24-16-11-9-12-17-24)42-35(49)33-29-26(30(29)39(53)55-8-2)21-46(33)38(52)32(25-18-13-10-14-19-25)44-40(54)56-22-23(3)4/h9,11-12,16-17,23,25-27,29-33H,7-8,10,13-15,18-22H2,1-6H3,(H,41,50)(H,42,49)(H,43,47)(H,44,54)/t26?,27?,29-,30-,31+,32+,33+/m1/s1. The first-order chi connectivity index (χ1) is 26.7. The molecule has 3 aliphatic rings. The Morgan fingerprint density at radius 1 is 0.893 bits per heavy atom. The number of ketones is 1. The molecular formula is C40H58N6O10. The molecule has 1 aliphatic heterocycles. The highest BCUT2D eigenvalue weighted by atomic mass is 16.5. The van der Waals surface area contributed by atoms with Gasteiger partial charge in [0, 0.05) is 26.6 Å². The van der Waals surface area contributed by atoms with Crippen LogP contribution in [0.5, 0.6) is 0 Å². The number of likely N-dealkylation sites (tertiary alicyclic amines) is 1. The lowest BCUT2D eigenvalue weighted by Crippen LogP contribution is -2.59. The number of nitrogens with one attached hydrogen (secondary N) is 4. The van der Waals surface area contributed by atoms with Crippen molar-refractivity contribution in [2.75, 3.05) is 40.4 Å². The Morgan fingerprint density at radius 2 is 1.57 bits per heavy atom. The van der Waals surface area contributed by atoms with Gasteiger partial charge in [-0.1, -0.05) is 76.8 Å². The third-order valence-electron chi connectivity index (χ3n) is 10.6. The number of alkyl carbamates (subject to hydrolysis) is 1. The topological polar surface area (TPSA) is 210 Å². The Labute approximate surface area is 328 Å². The fraction of sp³-hybridized carbons (Fsp3) is 0.650. The van der Waals surface area contributed by atoms with Crippen molar-refractivity contribution in [2.45, 2.75) is 96.8 Å². The summed E-state index contributed by atoms with van der Waals surface area (Å²) < 4.78 is 10.6. The minimum Gasteiger partial charge on any atom is -0.466 e. The molecule has 0 radical (unpaired) electrons. The minimum atomic E-state index is -1.31. The molecule has 2 aliphatic carbocycles. The Morgan fingerprint density at radius 3 is 2.18 bits per heavy atom. The molecule has 0 aromatic heterocycles. The van der Waals surface area contributed by atoms with Crippen molar-refractivity contribution < 1.29 is 47.8 Å². The number of ether oxygens (including phenoxy) is 2. The molecule has 4 rings (SSSR count). The molecule has 2 saturated carbocycles. The highest BCUT2D eigenvalue weighted by Crippen LogP contribution is 2.56. The van der Waals surface area contributed by atoms with E-state index in [-0.39, 0.29) is 43.9 Å². The van der Waals surface area contributed by atoms with Crippen LogP contribution < -0.4 is 21.3 Å². The Balaban J connectivity index is 1.49. The molecule has 3 fully saturated rings. The quantitative estimate of drug-likeness (QED) is 0.126. The van der Waals surface area contributed by atoms with E-state index in [1.807, 2.05) is 13.8 Å². The predicted molar refractivity (Wildman–Crippen MR) is 203 cm³/mol. The second-order valence-corrected chi connectivity index (χ2v) is 15.5. The zero-order valence-electron chi connectivity index (χ0n) is 33.3. The van der Waals surface area contributed by atoms with Crippen LogP contribution in [0.1, 0.15) is 84.2 Å². The van der Waals surface area contributed by atoms with Crippen LogP contribution in [0.25, 0.3) is 0 Å². The van der Waals surface area contributed by atoms with Gasteiger partial charge in [-0.05, 0) is 49.5 Å². The average molecular weight is 783 g/mol. The molecule has 1 aromatic carbocycles. The predicted octanol–water partition coefficient (Wildman–Crippen LogP) is 1.87. The Kier molecular flexibility index (Phi) is 15.8. The van der Waals surface area contributed by atoms with Gasteiger partial charge in [0.2, 0.25) is 29.4 Å². The van der Waals surface area contributed by atoms with E-state index < -0.39 is 89.9 Å². The molecule has 1 aromatic rings. The summed E-state index contributed by atoms with van der Waals surface area (Å²) in [5, 5.41) is 10.4. The van der Waals surface area contributed by atoms with Gasteiger partial charge >= 0.3 is 12.1 Å². The van der Waals surface area contributed by atoms with Crippen molar-refractivity contribution in [1.82, 2.24) is 31.1 Å². The third-order valence-corrected chi connectivity index (χ3v) is 10.6. The van der Waals surface area contributed by atoms with E-state index in [9.17, 15) is 38.4 Å². The van der Waals surface area contributed by atoms with E-state index in [0.29, 0.717) is 24.8 Å². The van der Waals surface area contributed by atoms with Crippen LogP contribution in [-0.2, 0) is 43.0 Å². The number of benzene rings is 1. The number of esters is 1. The number of carbonyl (C=O) groups excluding carboxylic acids is 8. The average Bonchev–Trinajstić information content (AvgIpc) is 3.75. The summed E-state index contributed by atoms with van der Waals surface area (Å²) in [6.45, 7) is 6.98. The van der Waals surface area contributed by atoms with Crippen LogP contribution in [0.2, 0.25) is 0 Å². The molecule has 2 unspecified atom stereocenters. The first kappa shape index (κ1) is 43.7. The van der Waals surface area contributed by atoms with Crippen molar-refractivity contribution >= 4 is 47.4 Å². The van der Waals surface area contributed by atoms with Gasteiger partial charge in [0.15, 0.2) is 0 Å². The van der Waals surface area contributed by atoms with Gasteiger partial charge in [-0.3, -0.25) is 33.6 Å². The summed E-state index contributed by atoms with van der Waals surface area (Å²) in [5.41, 5.74) is 0.530. The number of nitrogens with zero attached hydrogens (tertiary/aromatic N) is 2. The van der Waals surface area contributed by atoms with Gasteiger partial charge in [0.1, 0.15) is 18.1 Å². The summed E-state index contributed by atoms with van der Waals surface area (Å²) in [4.78, 5) is 110. The van der Waals surface area contributed by atoms with E-state index in [1.54, 1.807) is 58.3 Å². The largest absolute Gasteiger partial charge is 0.466 e. The number of piperidine rings is 1. The third kappa shape index (κ3) is 11.1. The summed E-state index contributed by atoms with van der Waals surface area (Å²) >= 11 is 0. The maximum Gasteiger partial charge on any atom is 0.407 e. The van der Waals surface area contributed by atoms with Crippen molar-refractivity contribution in [3.8, 4) is 0 Å². The van der Waals surface area contributed by atoms with Crippen LogP contribution in [0, 0.1) is 29.6 Å². The number of fused-ring (bicyclic) bond motifs is 1. The van der Waals surface area contributed by atoms with Crippen molar-refractivity contribution in [3.05, 3.63) is 35.9 Å². The number of hydrogen-bond acceptors (Lipinski definition) is 10. The van der Waals surface area contributed by atoms with Gasteiger partial charge in [-0.25, -0.2) is 4.79 Å². The smallest absolute Gasteiger partial charge is 0.407 e. The molecule has 6 amide bonds. The molecule has 4 N–H and O–H groups in total. The summed E-state index contributed by atoms with van der Waals surface area (Å²) in [7, 11) is 3.09. The second kappa shape index (κ2) is 20.2. The zero-order chi connectivity index (χ0) is 41.1. The normalized spacial score (nSPS) is 21.7. The van der Waals surface area contributed by atoms with E-state index in [1.165, 1.54) is 9.80 Å². The van der Waals surface area contributed by atoms with E-state index >= 15 is 0 Å². The molecular weight excluding hydrogens is 724 g/mol. The maximum atomic E-state index is 14.4. The maximum absolute atomic E-state index is 14.4. The SMILES string of the molecule is CCCC(NC(=O)[C@@H]1[C@@H]2C(CN1C(=O)[C@@H](NC(=O)OCC(C)C)C1CCCCC1)[C@H]2C(=O)OCC)C(=O)C(=O)NCC(=O)N[C@H](C(=O)N(C)C)c1ccccc1. The number of Topliss-reactive ketones (excluding diaryl/α,β-unsaturated/α-hetero) is 1. The molecule has 16 heteroatoms. The van der Waals surface area contributed by atoms with Gasteiger partial charge in [0.05, 0.1) is 31.7 Å². The minimum absolute atomic E-state index is 0.0687. The molecule has 7 atom stereocenters. The zero-order valence-corrected chi connectivity index (χ0v) is 33.3. The highest BCUT2D eigenvalue weighted by Gasteiger charge is 2.68. The van der Waals surface area contributed by atoms with E-state index in [4.69, 9.17) is 9.47 Å². The summed E-state index contributed by atoms with van der Waals surface area (Å²) in [5.74, 6) is -6.61. The fourth-order valence-electron chi connectivity index (χ4n) is 7.79. The summed E-state index contributed by atoms with van der Waals surface area (Å²) in [6, 6.07) is 4.09. The first-order valence-electron chi connectivity index (χ1n) is 19.8. The van der Waals surface area contributed by atoms with Crippen LogP contribution in [0.15, 0.2) is 30.3 Å². The molecule has 0 spiro atoms. The number of rotatable bonds is 18. The van der Waals surface area contributed by atoms with Crippen LogP contribution in [0.3, 0.4) is 0 Å². The molecule has 308 valence electrons. The molecule has 1 saturated heterocycles. The number of amides is 6. The Bertz CT molecular complexity index is 1600. The van der Waals surface area contributed by atoms with Crippen molar-refractivity contribution in [2.24, 2.45) is 29.6 Å². The van der Waals surface area contributed by atoms with Gasteiger partial charge in [-0.15, -0.1) is 0 Å². The lowest BCUT2D eigenvalue weighted by molar-refractivity contribution is -0.149. The van der Waals surface area contributed by atoms with Crippen LogP contribution >= 0.6 is 0 Å². The van der Waals surface area contributed by atoms with Gasteiger partial charge in [-0.2, -0.15) is 0 Å². The number of carbonyl (C=O) groups is 8. The Hall–Kier alpha value is -5.02. The second-order valence-electron chi connectivity index (χ2n) is 15.5. The molecule has 1 heterocycles. The van der Waals surface area contributed by atoms with Gasteiger partial charge in [0.25, 0.3) is 5.91 Å². The number of likely N-dealkylation sites (N-methyl/N-ethyl adjacent to an activating group) is 1. The highest BCUT2D eigenvalue weighted by molar-refractivity contribution is 6.38. The fourth-order valence-corrected chi connectivity index (χ4v) is 7.79. The first-order valence-corrected chi connectivity index (χ1v) is 19.8. The summed E-state index contributed by atoms with van der Waals surface area (Å²) in [6.07, 6.45) is 3.89. The van der Waals surface area contributed by atoms with Crippen molar-refractivity contribution in [3.63, 3.8) is 0 Å². The molecule has 0 bridgehead atoms. The lowest BCUT2D eigenvalue weighted by atomic mass is 9.83. The molecule has 56 heavy (non-hydrogen) atoms. The van der Waals surface area contributed by atoms with Crippen molar-refractivity contribution in [1.29, 1.82) is 0 Å². The van der Waals surface area contributed by atoms with Crippen LogP contribution in [0.4, 0.5) is 4.79 Å². The molecule has 16 nitrogen and oxygen atoms in total. The lowest BCUT2D eigenvalue weighted by Gasteiger charge is -2.36. The van der Waals surface area contributed by atoms with Gasteiger partial charge < -0.3 is 40.5 Å². The van der Waals surface area contributed by atoms with E-state index in [2.05, 4.69) is 21.3 Å². The van der Waals surface area contributed by atoms with E-state index in [0.717, 1.165) is 19.3 Å².